The fraction of sp³-hybridized carbons (Fsp3) is 0.171. The van der Waals surface area contributed by atoms with Gasteiger partial charge in [0.1, 0.15) is 12.4 Å². The zero-order valence-electron chi connectivity index (χ0n) is 24.4. The number of thiazole rings is 1. The molecule has 0 saturated carbocycles. The molecule has 0 spiro atoms. The Morgan fingerprint density at radius 1 is 1.05 bits per heavy atom. The molecule has 0 bridgehead atoms. The van der Waals surface area contributed by atoms with Crippen molar-refractivity contribution in [2.45, 2.75) is 31.4 Å². The van der Waals surface area contributed by atoms with Crippen molar-refractivity contribution in [2.24, 2.45) is 4.99 Å². The summed E-state index contributed by atoms with van der Waals surface area (Å²) in [5.74, 6) is 0.199. The molecular weight excluding hydrogens is 656 g/mol. The number of aromatic nitrogens is 1. The summed E-state index contributed by atoms with van der Waals surface area (Å²) in [7, 11) is 0. The van der Waals surface area contributed by atoms with Gasteiger partial charge in [0.15, 0.2) is 4.80 Å². The summed E-state index contributed by atoms with van der Waals surface area (Å²) in [4.78, 5) is 33.9. The maximum absolute atomic E-state index is 14.3. The zero-order chi connectivity index (χ0) is 30.8. The van der Waals surface area contributed by atoms with E-state index in [1.54, 1.807) is 30.2 Å². The average molecular weight is 686 g/mol. The molecule has 4 aromatic carbocycles. The first-order valence-corrected chi connectivity index (χ1v) is 16.9. The lowest BCUT2D eigenvalue weighted by Crippen LogP contribution is -2.39. The predicted octanol–water partition coefficient (Wildman–Crippen LogP) is 7.01. The second-order valence-electron chi connectivity index (χ2n) is 10.2. The number of fused-ring (bicyclic) bond motifs is 2. The highest BCUT2D eigenvalue weighted by Gasteiger charge is 2.33. The van der Waals surface area contributed by atoms with Gasteiger partial charge in [-0.2, -0.15) is 0 Å². The van der Waals surface area contributed by atoms with E-state index in [1.807, 2.05) is 97.3 Å². The van der Waals surface area contributed by atoms with Crippen LogP contribution in [0.5, 0.6) is 5.75 Å². The Morgan fingerprint density at radius 3 is 2.52 bits per heavy atom. The minimum Gasteiger partial charge on any atom is -0.488 e. The van der Waals surface area contributed by atoms with E-state index < -0.39 is 12.0 Å². The summed E-state index contributed by atoms with van der Waals surface area (Å²) in [6, 6.07) is 27.3. The first-order chi connectivity index (χ1) is 21.4. The van der Waals surface area contributed by atoms with Crippen molar-refractivity contribution in [3.8, 4) is 5.75 Å². The molecule has 6 rings (SSSR count). The molecule has 1 aromatic heterocycles. The number of benzene rings is 4. The molecule has 1 aliphatic heterocycles. The lowest BCUT2D eigenvalue weighted by atomic mass is 9.96. The number of hydrogen-bond acceptors (Lipinski definition) is 7. The standard InChI is InChI=1S/C35H29BrN2O4S2/c1-4-41-34(40)31-21(2)37-35-38(32(31)24-11-16-26(43-3)17-12-24)33(39)30(44-35)19-28-27-8-6-5-7-23(27)13-18-29(28)42-20-22-9-14-25(36)15-10-22/h5-19,32H,4,20H2,1-3H3/b30-19-/t32-/m1/s1. The summed E-state index contributed by atoms with van der Waals surface area (Å²) in [5, 5.41) is 2.01. The van der Waals surface area contributed by atoms with Gasteiger partial charge in [-0.1, -0.05) is 81.9 Å². The van der Waals surface area contributed by atoms with Crippen molar-refractivity contribution >= 4 is 61.8 Å². The summed E-state index contributed by atoms with van der Waals surface area (Å²) < 4.78 is 14.9. The number of nitrogens with zero attached hydrogens (tertiary/aromatic N) is 2. The van der Waals surface area contributed by atoms with Crippen LogP contribution < -0.4 is 19.6 Å². The highest BCUT2D eigenvalue weighted by atomic mass is 79.9. The van der Waals surface area contributed by atoms with Crippen LogP contribution in [0.3, 0.4) is 0 Å². The number of thioether (sulfide) groups is 1. The van der Waals surface area contributed by atoms with Gasteiger partial charge < -0.3 is 9.47 Å². The van der Waals surface area contributed by atoms with Crippen molar-refractivity contribution in [1.82, 2.24) is 4.57 Å². The van der Waals surface area contributed by atoms with E-state index in [9.17, 15) is 9.59 Å². The monoisotopic (exact) mass is 684 g/mol. The molecule has 0 saturated heterocycles. The first kappa shape index (κ1) is 30.1. The topological polar surface area (TPSA) is 69.9 Å². The third kappa shape index (κ3) is 5.92. The number of carbonyl (C=O) groups is 1. The van der Waals surface area contributed by atoms with E-state index >= 15 is 0 Å². The van der Waals surface area contributed by atoms with Gasteiger partial charge in [-0.05, 0) is 78.4 Å². The van der Waals surface area contributed by atoms with Gasteiger partial charge in [0, 0.05) is 14.9 Å². The maximum Gasteiger partial charge on any atom is 0.338 e. The Hall–Kier alpha value is -3.92. The fourth-order valence-corrected chi connectivity index (χ4v) is 7.02. The third-order valence-corrected chi connectivity index (χ3v) is 9.72. The number of halogens is 1. The van der Waals surface area contributed by atoms with Crippen molar-refractivity contribution in [1.29, 1.82) is 0 Å². The molecule has 0 fully saturated rings. The van der Waals surface area contributed by atoms with Crippen LogP contribution >= 0.6 is 39.0 Å². The van der Waals surface area contributed by atoms with Crippen LogP contribution in [0.1, 0.15) is 36.6 Å². The molecule has 0 N–H and O–H groups in total. The van der Waals surface area contributed by atoms with E-state index in [-0.39, 0.29) is 12.2 Å². The van der Waals surface area contributed by atoms with Crippen LogP contribution in [0.25, 0.3) is 16.8 Å². The SMILES string of the molecule is CCOC(=O)C1=C(C)N=c2s/c(=C\c3c(OCc4ccc(Br)cc4)ccc4ccccc34)c(=O)n2[C@@H]1c1ccc(SC)cc1. The van der Waals surface area contributed by atoms with E-state index in [4.69, 9.17) is 14.5 Å². The van der Waals surface area contributed by atoms with Gasteiger partial charge in [0.05, 0.1) is 28.5 Å². The summed E-state index contributed by atoms with van der Waals surface area (Å²) in [6.07, 6.45) is 3.90. The Labute approximate surface area is 271 Å². The fourth-order valence-electron chi connectivity index (χ4n) is 5.32. The van der Waals surface area contributed by atoms with Crippen LogP contribution in [-0.4, -0.2) is 23.4 Å². The molecule has 9 heteroatoms. The average Bonchev–Trinajstić information content (AvgIpc) is 3.34. The number of rotatable bonds is 8. The van der Waals surface area contributed by atoms with Crippen molar-refractivity contribution < 1.29 is 14.3 Å². The molecule has 0 unspecified atom stereocenters. The van der Waals surface area contributed by atoms with Crippen LogP contribution in [0.2, 0.25) is 0 Å². The van der Waals surface area contributed by atoms with Gasteiger partial charge in [-0.25, -0.2) is 9.79 Å². The van der Waals surface area contributed by atoms with E-state index in [1.165, 1.54) is 11.3 Å². The summed E-state index contributed by atoms with van der Waals surface area (Å²) >= 11 is 6.42. The third-order valence-electron chi connectivity index (χ3n) is 7.46. The second kappa shape index (κ2) is 13.0. The van der Waals surface area contributed by atoms with Gasteiger partial charge >= 0.3 is 5.97 Å². The Balaban J connectivity index is 1.51. The molecule has 6 nitrogen and oxygen atoms in total. The number of allylic oxidation sites excluding steroid dienone is 1. The predicted molar refractivity (Wildman–Crippen MR) is 181 cm³/mol. The van der Waals surface area contributed by atoms with Crippen molar-refractivity contribution in [3.63, 3.8) is 0 Å². The smallest absolute Gasteiger partial charge is 0.338 e. The Kier molecular flexibility index (Phi) is 8.88. The first-order valence-electron chi connectivity index (χ1n) is 14.1. The van der Waals surface area contributed by atoms with E-state index in [0.29, 0.717) is 33.0 Å². The zero-order valence-corrected chi connectivity index (χ0v) is 27.6. The molecule has 1 atom stereocenters. The second-order valence-corrected chi connectivity index (χ2v) is 13.0. The van der Waals surface area contributed by atoms with Crippen LogP contribution in [0.4, 0.5) is 0 Å². The summed E-state index contributed by atoms with van der Waals surface area (Å²) in [5.41, 5.74) is 3.34. The highest BCUT2D eigenvalue weighted by molar-refractivity contribution is 9.10. The lowest BCUT2D eigenvalue weighted by molar-refractivity contribution is -0.139. The van der Waals surface area contributed by atoms with Crippen molar-refractivity contribution in [2.75, 3.05) is 12.9 Å². The Morgan fingerprint density at radius 2 is 1.80 bits per heavy atom. The van der Waals surface area contributed by atoms with Crippen LogP contribution in [0, 0.1) is 0 Å². The number of carbonyl (C=O) groups excluding carboxylic acids is 1. The molecule has 0 radical (unpaired) electrons. The number of hydrogen-bond donors (Lipinski definition) is 0. The number of esters is 1. The molecule has 222 valence electrons. The summed E-state index contributed by atoms with van der Waals surface area (Å²) in [6.45, 7) is 4.17. The molecule has 0 amide bonds. The minimum absolute atomic E-state index is 0.224. The molecule has 1 aliphatic rings. The van der Waals surface area contributed by atoms with Gasteiger partial charge in [-0.3, -0.25) is 9.36 Å². The van der Waals surface area contributed by atoms with Crippen LogP contribution in [0.15, 0.2) is 115 Å². The lowest BCUT2D eigenvalue weighted by Gasteiger charge is -2.24. The minimum atomic E-state index is -0.663. The van der Waals surface area contributed by atoms with E-state index in [2.05, 4.69) is 15.9 Å². The van der Waals surface area contributed by atoms with E-state index in [0.717, 1.165) is 36.8 Å². The van der Waals surface area contributed by atoms with Crippen molar-refractivity contribution in [3.05, 3.63) is 137 Å². The molecule has 44 heavy (non-hydrogen) atoms. The maximum atomic E-state index is 14.3. The molecule has 0 aliphatic carbocycles. The molecular formula is C35H29BrN2O4S2. The Bertz CT molecular complexity index is 2080. The quantitative estimate of drug-likeness (QED) is 0.130. The highest BCUT2D eigenvalue weighted by Crippen LogP contribution is 2.33. The van der Waals surface area contributed by atoms with Gasteiger partial charge in [0.25, 0.3) is 5.56 Å². The van der Waals surface area contributed by atoms with Gasteiger partial charge in [-0.15, -0.1) is 11.8 Å². The number of ether oxygens (including phenoxy) is 2. The van der Waals surface area contributed by atoms with Crippen LogP contribution in [-0.2, 0) is 16.1 Å². The molecule has 5 aromatic rings. The normalized spacial score (nSPS) is 14.8. The molecule has 2 heterocycles. The largest absolute Gasteiger partial charge is 0.488 e. The van der Waals surface area contributed by atoms with Gasteiger partial charge in [0.2, 0.25) is 0 Å².